The fraction of sp³-hybridized carbons (Fsp3) is 0.500. The van der Waals surface area contributed by atoms with E-state index < -0.39 is 0 Å². The Hall–Kier alpha value is -2.73. The third-order valence-corrected chi connectivity index (χ3v) is 7.13. The molecule has 0 radical (unpaired) electrons. The van der Waals surface area contributed by atoms with Crippen molar-refractivity contribution in [3.05, 3.63) is 58.9 Å². The van der Waals surface area contributed by atoms with Crippen LogP contribution >= 0.6 is 0 Å². The molecule has 1 N–H and O–H groups in total. The molecule has 2 fully saturated rings. The predicted octanol–water partition coefficient (Wildman–Crippen LogP) is 4.36. The molecule has 2 aromatic heterocycles. The van der Waals surface area contributed by atoms with Gasteiger partial charge in [0.1, 0.15) is 0 Å². The number of rotatable bonds is 6. The Balaban J connectivity index is 1.41. The van der Waals surface area contributed by atoms with Crippen LogP contribution in [0, 0.1) is 12.8 Å². The lowest BCUT2D eigenvalue weighted by atomic mass is 9.95. The number of benzene rings is 1. The molecule has 1 unspecified atom stereocenters. The van der Waals surface area contributed by atoms with Crippen LogP contribution in [0.15, 0.2) is 36.4 Å². The van der Waals surface area contributed by atoms with Gasteiger partial charge in [-0.25, -0.2) is 4.98 Å². The van der Waals surface area contributed by atoms with Gasteiger partial charge < -0.3 is 5.32 Å². The molecule has 1 aliphatic carbocycles. The molecule has 6 nitrogen and oxygen atoms in total. The molecule has 0 bridgehead atoms. The van der Waals surface area contributed by atoms with Crippen molar-refractivity contribution in [2.24, 2.45) is 13.0 Å². The van der Waals surface area contributed by atoms with Crippen LogP contribution < -0.4 is 5.32 Å². The summed E-state index contributed by atoms with van der Waals surface area (Å²) in [7, 11) is 1.91. The maximum absolute atomic E-state index is 13.5. The largest absolute Gasteiger partial charge is 0.350 e. The average Bonchev–Trinajstić information content (AvgIpc) is 3.61. The molecule has 1 amide bonds. The van der Waals surface area contributed by atoms with Crippen LogP contribution in [-0.4, -0.2) is 45.2 Å². The molecule has 6 heteroatoms. The second-order valence-corrected chi connectivity index (χ2v) is 9.63. The number of aryl methyl sites for hydroxylation is 2. The Labute approximate surface area is 190 Å². The quantitative estimate of drug-likeness (QED) is 0.630. The lowest BCUT2D eigenvalue weighted by Gasteiger charge is -2.37. The summed E-state index contributed by atoms with van der Waals surface area (Å²) in [5.74, 6) is 1.23. The number of piperidine rings is 1. The highest BCUT2D eigenvalue weighted by molar-refractivity contribution is 6.06. The van der Waals surface area contributed by atoms with E-state index >= 15 is 0 Å². The zero-order valence-corrected chi connectivity index (χ0v) is 19.3. The van der Waals surface area contributed by atoms with Crippen LogP contribution in [-0.2, 0) is 7.05 Å². The minimum atomic E-state index is -0.0262. The fourth-order valence-electron chi connectivity index (χ4n) is 4.99. The zero-order chi connectivity index (χ0) is 22.2. The van der Waals surface area contributed by atoms with E-state index in [2.05, 4.69) is 52.6 Å². The Bertz CT molecular complexity index is 1110. The Kier molecular flexibility index (Phi) is 5.72. The lowest BCUT2D eigenvalue weighted by molar-refractivity contribution is 0.0914. The summed E-state index contributed by atoms with van der Waals surface area (Å²) in [5.41, 5.74) is 4.66. The number of nitrogens with one attached hydrogen (secondary N) is 1. The summed E-state index contributed by atoms with van der Waals surface area (Å²) in [6.45, 7) is 7.03. The summed E-state index contributed by atoms with van der Waals surface area (Å²) >= 11 is 0. The first kappa shape index (κ1) is 21.1. The number of hydrogen-bond acceptors (Lipinski definition) is 4. The molecule has 3 heterocycles. The van der Waals surface area contributed by atoms with Gasteiger partial charge in [-0.2, -0.15) is 5.10 Å². The highest BCUT2D eigenvalue weighted by Gasteiger charge is 2.29. The van der Waals surface area contributed by atoms with Gasteiger partial charge in [0.25, 0.3) is 5.91 Å². The van der Waals surface area contributed by atoms with Gasteiger partial charge in [-0.15, -0.1) is 0 Å². The van der Waals surface area contributed by atoms with E-state index in [1.165, 1.54) is 18.4 Å². The summed E-state index contributed by atoms with van der Waals surface area (Å²) in [6, 6.07) is 12.8. The molecule has 1 aliphatic heterocycles. The van der Waals surface area contributed by atoms with E-state index in [-0.39, 0.29) is 11.9 Å². The lowest BCUT2D eigenvalue weighted by Crippen LogP contribution is -2.42. The van der Waals surface area contributed by atoms with E-state index in [9.17, 15) is 4.79 Å². The van der Waals surface area contributed by atoms with Crippen molar-refractivity contribution in [3.63, 3.8) is 0 Å². The molecule has 1 atom stereocenters. The number of fused-ring (bicyclic) bond motifs is 1. The number of pyridine rings is 1. The second-order valence-electron chi connectivity index (χ2n) is 9.63. The molecule has 168 valence electrons. The molecule has 3 aromatic rings. The molecular formula is C26H33N5O. The van der Waals surface area contributed by atoms with Gasteiger partial charge in [0.2, 0.25) is 0 Å². The second kappa shape index (κ2) is 8.66. The molecule has 1 saturated heterocycles. The van der Waals surface area contributed by atoms with E-state index in [0.717, 1.165) is 54.3 Å². The topological polar surface area (TPSA) is 63.1 Å². The number of aromatic nitrogens is 3. The highest BCUT2D eigenvalue weighted by Crippen LogP contribution is 2.40. The van der Waals surface area contributed by atoms with Crippen LogP contribution in [0.2, 0.25) is 0 Å². The summed E-state index contributed by atoms with van der Waals surface area (Å²) in [6.07, 6.45) is 4.73. The van der Waals surface area contributed by atoms with Crippen molar-refractivity contribution in [2.75, 3.05) is 19.6 Å². The van der Waals surface area contributed by atoms with Crippen molar-refractivity contribution < 1.29 is 4.79 Å². The van der Waals surface area contributed by atoms with Crippen molar-refractivity contribution in [3.8, 4) is 0 Å². The van der Waals surface area contributed by atoms with Gasteiger partial charge in [-0.05, 0) is 63.2 Å². The number of hydrogen-bond donors (Lipinski definition) is 1. The van der Waals surface area contributed by atoms with E-state index in [0.29, 0.717) is 18.0 Å². The fourth-order valence-corrected chi connectivity index (χ4v) is 4.99. The van der Waals surface area contributed by atoms with Gasteiger partial charge in [0.15, 0.2) is 5.65 Å². The average molecular weight is 432 g/mol. The molecule has 1 saturated carbocycles. The van der Waals surface area contributed by atoms with Gasteiger partial charge in [0, 0.05) is 25.2 Å². The number of carbonyl (C=O) groups excluding carboxylic acids is 1. The van der Waals surface area contributed by atoms with Crippen molar-refractivity contribution in [2.45, 2.75) is 51.5 Å². The van der Waals surface area contributed by atoms with Crippen LogP contribution in [0.1, 0.15) is 71.9 Å². The van der Waals surface area contributed by atoms with Crippen molar-refractivity contribution in [1.29, 1.82) is 0 Å². The van der Waals surface area contributed by atoms with E-state index in [4.69, 9.17) is 4.98 Å². The Morgan fingerprint density at radius 1 is 1.16 bits per heavy atom. The molecule has 5 rings (SSSR count). The summed E-state index contributed by atoms with van der Waals surface area (Å²) in [4.78, 5) is 20.9. The highest BCUT2D eigenvalue weighted by atomic mass is 16.1. The van der Waals surface area contributed by atoms with Crippen molar-refractivity contribution in [1.82, 2.24) is 25.0 Å². The smallest absolute Gasteiger partial charge is 0.252 e. The molecule has 0 spiro atoms. The molecule has 32 heavy (non-hydrogen) atoms. The zero-order valence-electron chi connectivity index (χ0n) is 19.3. The Morgan fingerprint density at radius 2 is 1.88 bits per heavy atom. The molecule has 2 aliphatic rings. The maximum Gasteiger partial charge on any atom is 0.252 e. The number of carbonyl (C=O) groups is 1. The third kappa shape index (κ3) is 4.16. The van der Waals surface area contributed by atoms with Gasteiger partial charge >= 0.3 is 0 Å². The predicted molar refractivity (Wildman–Crippen MR) is 127 cm³/mol. The molecule has 1 aromatic carbocycles. The maximum atomic E-state index is 13.5. The van der Waals surface area contributed by atoms with Crippen LogP contribution in [0.4, 0.5) is 0 Å². The third-order valence-electron chi connectivity index (χ3n) is 7.13. The monoisotopic (exact) mass is 431 g/mol. The van der Waals surface area contributed by atoms with Gasteiger partial charge in [-0.3, -0.25) is 14.4 Å². The van der Waals surface area contributed by atoms with E-state index in [1.54, 1.807) is 4.68 Å². The standard InChI is InChI=1S/C26H33N5O/c1-17-11-13-31(14-12-17)23(20-7-5-4-6-8-20)16-27-26(32)21-15-22(19-9-10-19)28-25-24(21)18(2)29-30(25)3/h4-8,15,17,19,23H,9-14,16H2,1-3H3,(H,27,32). The minimum absolute atomic E-state index is 0.0262. The number of likely N-dealkylation sites (tertiary alicyclic amines) is 1. The SMILES string of the molecule is Cc1nn(C)c2nc(C3CC3)cc(C(=O)NCC(c3ccccc3)N3CCC(C)CC3)c12. The number of amides is 1. The molecular weight excluding hydrogens is 398 g/mol. The number of nitrogens with zero attached hydrogens (tertiary/aromatic N) is 4. The first-order valence-corrected chi connectivity index (χ1v) is 11.9. The minimum Gasteiger partial charge on any atom is -0.350 e. The van der Waals surface area contributed by atoms with Crippen LogP contribution in [0.25, 0.3) is 11.0 Å². The van der Waals surface area contributed by atoms with Crippen molar-refractivity contribution >= 4 is 16.9 Å². The van der Waals surface area contributed by atoms with Gasteiger partial charge in [0.05, 0.1) is 22.7 Å². The first-order chi connectivity index (χ1) is 15.5. The van der Waals surface area contributed by atoms with Crippen LogP contribution in [0.5, 0.6) is 0 Å². The first-order valence-electron chi connectivity index (χ1n) is 11.9. The van der Waals surface area contributed by atoms with Crippen LogP contribution in [0.3, 0.4) is 0 Å². The van der Waals surface area contributed by atoms with E-state index in [1.807, 2.05) is 20.0 Å². The Morgan fingerprint density at radius 3 is 2.56 bits per heavy atom. The van der Waals surface area contributed by atoms with Gasteiger partial charge in [-0.1, -0.05) is 37.3 Å². The summed E-state index contributed by atoms with van der Waals surface area (Å²) < 4.78 is 1.80. The normalized spacial score (nSPS) is 18.7. The summed E-state index contributed by atoms with van der Waals surface area (Å²) in [5, 5.41) is 8.69.